The minimum atomic E-state index is -0.902. The summed E-state index contributed by atoms with van der Waals surface area (Å²) in [6.07, 6.45) is 4.86. The number of halogens is 1. The first kappa shape index (κ1) is 24.5. The van der Waals surface area contributed by atoms with E-state index in [0.717, 1.165) is 29.9 Å². The molecule has 1 aliphatic heterocycles. The molecule has 0 radical (unpaired) electrons. The summed E-state index contributed by atoms with van der Waals surface area (Å²) in [5.74, 6) is 1.43. The van der Waals surface area contributed by atoms with E-state index in [1.807, 2.05) is 12.4 Å². The zero-order chi connectivity index (χ0) is 25.6. The molecule has 1 saturated heterocycles. The molecule has 3 heterocycles. The summed E-state index contributed by atoms with van der Waals surface area (Å²) < 4.78 is 13.1. The van der Waals surface area contributed by atoms with Crippen molar-refractivity contribution in [3.05, 3.63) is 89.8 Å². The van der Waals surface area contributed by atoms with Crippen LogP contribution in [0.15, 0.2) is 67.3 Å². The number of hydrogen-bond donors (Lipinski definition) is 3. The predicted octanol–water partition coefficient (Wildman–Crippen LogP) is 2.49. The molecule has 4 aromatic rings. The van der Waals surface area contributed by atoms with Gasteiger partial charge in [0.2, 0.25) is 17.8 Å². The molecule has 5 rings (SSSR count). The first-order valence-electron chi connectivity index (χ1n) is 12.0. The van der Waals surface area contributed by atoms with Crippen LogP contribution in [0.3, 0.4) is 0 Å². The molecule has 11 heteroatoms. The Bertz CT molecular complexity index is 1300. The second kappa shape index (κ2) is 11.2. The predicted molar refractivity (Wildman–Crippen MR) is 137 cm³/mol. The van der Waals surface area contributed by atoms with E-state index in [1.165, 1.54) is 18.5 Å². The van der Waals surface area contributed by atoms with Gasteiger partial charge in [-0.1, -0.05) is 24.3 Å². The maximum atomic E-state index is 13.1. The van der Waals surface area contributed by atoms with E-state index < -0.39 is 6.10 Å². The summed E-state index contributed by atoms with van der Waals surface area (Å²) in [5.41, 5.74) is 3.37. The minimum Gasteiger partial charge on any atom is -0.393 e. The number of hydrogen-bond acceptors (Lipinski definition) is 10. The molecule has 0 aliphatic carbocycles. The third-order valence-electron chi connectivity index (χ3n) is 6.14. The van der Waals surface area contributed by atoms with Gasteiger partial charge in [0, 0.05) is 50.7 Å². The third-order valence-corrected chi connectivity index (χ3v) is 6.14. The lowest BCUT2D eigenvalue weighted by atomic mass is 10.1. The fraction of sp³-hybridized carbons (Fsp3) is 0.269. The highest BCUT2D eigenvalue weighted by atomic mass is 19.1. The van der Waals surface area contributed by atoms with Crippen LogP contribution in [0, 0.1) is 5.82 Å². The Balaban J connectivity index is 1.16. The maximum absolute atomic E-state index is 13.1. The number of piperazine rings is 1. The summed E-state index contributed by atoms with van der Waals surface area (Å²) in [6, 6.07) is 13.5. The van der Waals surface area contributed by atoms with Crippen molar-refractivity contribution in [1.29, 1.82) is 0 Å². The summed E-state index contributed by atoms with van der Waals surface area (Å²) in [7, 11) is 0. The second-order valence-electron chi connectivity index (χ2n) is 8.72. The Labute approximate surface area is 213 Å². The van der Waals surface area contributed by atoms with Gasteiger partial charge in [0.05, 0.1) is 6.61 Å². The maximum Gasteiger partial charge on any atom is 0.231 e. The number of aromatic nitrogens is 5. The van der Waals surface area contributed by atoms with Crippen molar-refractivity contribution in [2.24, 2.45) is 0 Å². The van der Waals surface area contributed by atoms with Crippen LogP contribution in [0.2, 0.25) is 0 Å². The molecular weight excluding hydrogens is 475 g/mol. The number of aliphatic hydroxyl groups is 2. The molecule has 0 unspecified atom stereocenters. The first-order chi connectivity index (χ1) is 18.1. The van der Waals surface area contributed by atoms with Crippen molar-refractivity contribution in [1.82, 2.24) is 24.9 Å². The molecule has 0 amide bonds. The van der Waals surface area contributed by atoms with Crippen LogP contribution < -0.4 is 15.1 Å². The van der Waals surface area contributed by atoms with Crippen molar-refractivity contribution in [2.45, 2.75) is 12.5 Å². The number of anilines is 4. The van der Waals surface area contributed by atoms with Crippen molar-refractivity contribution >= 4 is 23.5 Å². The zero-order valence-electron chi connectivity index (χ0n) is 20.1. The average Bonchev–Trinajstić information content (AvgIpc) is 2.95. The van der Waals surface area contributed by atoms with Gasteiger partial charge in [-0.25, -0.2) is 24.3 Å². The molecule has 1 fully saturated rings. The molecule has 1 atom stereocenters. The van der Waals surface area contributed by atoms with Crippen LogP contribution in [0.1, 0.15) is 22.8 Å². The Morgan fingerprint density at radius 1 is 0.811 bits per heavy atom. The number of nitrogens with zero attached hydrogens (tertiary/aromatic N) is 7. The van der Waals surface area contributed by atoms with Crippen LogP contribution in [-0.2, 0) is 6.42 Å². The van der Waals surface area contributed by atoms with Gasteiger partial charge in [-0.05, 0) is 41.0 Å². The van der Waals surface area contributed by atoms with Gasteiger partial charge in [0.25, 0.3) is 0 Å². The fourth-order valence-electron chi connectivity index (χ4n) is 4.07. The van der Waals surface area contributed by atoms with E-state index in [9.17, 15) is 9.50 Å². The summed E-state index contributed by atoms with van der Waals surface area (Å²) in [6.45, 7) is 2.53. The molecule has 0 bridgehead atoms. The molecule has 190 valence electrons. The fourth-order valence-corrected chi connectivity index (χ4v) is 4.07. The first-order valence-corrected chi connectivity index (χ1v) is 12.0. The zero-order valence-corrected chi connectivity index (χ0v) is 20.1. The van der Waals surface area contributed by atoms with Crippen molar-refractivity contribution in [3.8, 4) is 0 Å². The summed E-state index contributed by atoms with van der Waals surface area (Å²) >= 11 is 0. The quantitative estimate of drug-likeness (QED) is 0.331. The monoisotopic (exact) mass is 502 g/mol. The topological polar surface area (TPSA) is 123 Å². The minimum absolute atomic E-state index is 0.245. The highest BCUT2D eigenvalue weighted by Crippen LogP contribution is 2.20. The summed E-state index contributed by atoms with van der Waals surface area (Å²) in [4.78, 5) is 26.4. The lowest BCUT2D eigenvalue weighted by molar-refractivity contribution is 0.0956. The molecule has 37 heavy (non-hydrogen) atoms. The smallest absolute Gasteiger partial charge is 0.231 e. The highest BCUT2D eigenvalue weighted by molar-refractivity contribution is 5.54. The average molecular weight is 503 g/mol. The van der Waals surface area contributed by atoms with Gasteiger partial charge in [-0.3, -0.25) is 0 Å². The molecule has 1 aliphatic rings. The van der Waals surface area contributed by atoms with Crippen LogP contribution in [0.25, 0.3) is 0 Å². The van der Waals surface area contributed by atoms with E-state index in [2.05, 4.69) is 40.0 Å². The summed E-state index contributed by atoms with van der Waals surface area (Å²) in [5, 5.41) is 22.0. The number of rotatable bonds is 8. The van der Waals surface area contributed by atoms with Gasteiger partial charge in [0.1, 0.15) is 18.2 Å². The largest absolute Gasteiger partial charge is 0.393 e. The van der Waals surface area contributed by atoms with E-state index in [0.29, 0.717) is 42.9 Å². The molecule has 2 aromatic heterocycles. The lowest BCUT2D eigenvalue weighted by Crippen LogP contribution is -2.47. The molecule has 10 nitrogen and oxygen atoms in total. The Kier molecular flexibility index (Phi) is 7.43. The normalized spacial score (nSPS) is 14.5. The van der Waals surface area contributed by atoms with Crippen molar-refractivity contribution in [2.75, 3.05) is 47.9 Å². The third kappa shape index (κ3) is 6.13. The van der Waals surface area contributed by atoms with E-state index >= 15 is 0 Å². The Hall–Kier alpha value is -4.22. The van der Waals surface area contributed by atoms with Gasteiger partial charge < -0.3 is 25.3 Å². The van der Waals surface area contributed by atoms with E-state index in [4.69, 9.17) is 5.11 Å². The lowest BCUT2D eigenvalue weighted by Gasteiger charge is -2.34. The van der Waals surface area contributed by atoms with Crippen LogP contribution in [0.4, 0.5) is 27.9 Å². The molecule has 0 spiro atoms. The second-order valence-corrected chi connectivity index (χ2v) is 8.72. The molecule has 2 aromatic carbocycles. The van der Waals surface area contributed by atoms with E-state index in [1.54, 1.807) is 36.4 Å². The molecular formula is C26H27FN8O2. The van der Waals surface area contributed by atoms with Crippen LogP contribution in [0.5, 0.6) is 0 Å². The van der Waals surface area contributed by atoms with Crippen molar-refractivity contribution in [3.63, 3.8) is 0 Å². The van der Waals surface area contributed by atoms with Crippen LogP contribution in [-0.4, -0.2) is 67.9 Å². The van der Waals surface area contributed by atoms with Gasteiger partial charge in [-0.2, -0.15) is 4.98 Å². The van der Waals surface area contributed by atoms with Gasteiger partial charge >= 0.3 is 0 Å². The molecule has 3 N–H and O–H groups in total. The van der Waals surface area contributed by atoms with Crippen molar-refractivity contribution < 1.29 is 14.6 Å². The molecule has 0 saturated carbocycles. The number of benzene rings is 2. The van der Waals surface area contributed by atoms with Crippen LogP contribution >= 0.6 is 0 Å². The Morgan fingerprint density at radius 3 is 2.11 bits per heavy atom. The number of nitrogens with one attached hydrogen (secondary N) is 1. The highest BCUT2D eigenvalue weighted by Gasteiger charge is 2.21. The number of aliphatic hydroxyl groups excluding tert-OH is 2. The van der Waals surface area contributed by atoms with E-state index in [-0.39, 0.29) is 12.4 Å². The Morgan fingerprint density at radius 2 is 1.46 bits per heavy atom. The van der Waals surface area contributed by atoms with Gasteiger partial charge in [0.15, 0.2) is 0 Å². The van der Waals surface area contributed by atoms with Gasteiger partial charge in [-0.15, -0.1) is 0 Å². The standard InChI is InChI=1S/C26H27FN8O2/c27-21-5-1-18(2-6-21)13-19-14-28-25(29-15-19)34-9-11-35(12-10-34)26-31-17-30-24(33-26)32-22-7-3-20(4-8-22)23(37)16-36/h1-8,14-15,17,23,36-37H,9-13,16H2,(H,30,31,32,33)/t23-/m0/s1. The SMILES string of the molecule is OC[C@H](O)c1ccc(Nc2ncnc(N3CCN(c4ncc(Cc5ccc(F)cc5)cn4)CC3)n2)cc1.